The Morgan fingerprint density at radius 1 is 1.22 bits per heavy atom. The number of aromatic nitrogens is 1. The monoisotopic (exact) mass is 472 g/mol. The topological polar surface area (TPSA) is 76.6 Å². The van der Waals surface area contributed by atoms with Gasteiger partial charge >= 0.3 is 0 Å². The maximum absolute atomic E-state index is 13.5. The fourth-order valence-corrected chi connectivity index (χ4v) is 5.84. The average molecular weight is 473 g/mol. The molecule has 1 atom stereocenters. The van der Waals surface area contributed by atoms with Crippen molar-refractivity contribution in [3.63, 3.8) is 0 Å². The lowest BCUT2D eigenvalue weighted by Crippen LogP contribution is -2.37. The maximum Gasteiger partial charge on any atom is 0.260 e. The van der Waals surface area contributed by atoms with E-state index in [0.29, 0.717) is 23.8 Å². The Labute approximate surface area is 193 Å². The van der Waals surface area contributed by atoms with Gasteiger partial charge in [0.2, 0.25) is 0 Å². The Balaban J connectivity index is 1.68. The van der Waals surface area contributed by atoms with Crippen molar-refractivity contribution in [3.8, 4) is 0 Å². The first kappa shape index (κ1) is 22.9. The Morgan fingerprint density at radius 2 is 1.97 bits per heavy atom. The summed E-state index contributed by atoms with van der Waals surface area (Å²) in [7, 11) is -3.39. The molecule has 3 aromatic rings. The first-order valence-corrected chi connectivity index (χ1v) is 13.3. The Kier molecular flexibility index (Phi) is 6.65. The average Bonchev–Trinajstić information content (AvgIpc) is 3.45. The zero-order chi connectivity index (χ0) is 22.9. The number of carbonyl (C=O) groups excluding carboxylic acids is 1. The number of fused-ring (bicyclic) bond motifs is 1. The number of anilines is 1. The van der Waals surface area contributed by atoms with Gasteiger partial charge in [-0.15, -0.1) is 0 Å². The molecule has 0 saturated carbocycles. The van der Waals surface area contributed by atoms with E-state index in [2.05, 4.69) is 19.1 Å². The van der Waals surface area contributed by atoms with Crippen LogP contribution in [-0.4, -0.2) is 43.8 Å². The van der Waals surface area contributed by atoms with E-state index in [1.807, 2.05) is 6.07 Å². The predicted molar refractivity (Wildman–Crippen MR) is 128 cm³/mol. The number of thiazole rings is 1. The zero-order valence-electron chi connectivity index (χ0n) is 18.6. The van der Waals surface area contributed by atoms with Crippen molar-refractivity contribution in [3.05, 3.63) is 53.6 Å². The molecule has 0 bridgehead atoms. The number of sulfone groups is 1. The van der Waals surface area contributed by atoms with Gasteiger partial charge in [-0.1, -0.05) is 24.3 Å². The van der Waals surface area contributed by atoms with Gasteiger partial charge in [0.25, 0.3) is 5.91 Å². The number of rotatable bonds is 7. The Hall–Kier alpha value is -2.29. The van der Waals surface area contributed by atoms with Gasteiger partial charge in [0.05, 0.1) is 33.0 Å². The summed E-state index contributed by atoms with van der Waals surface area (Å²) in [6.07, 6.45) is 2.79. The van der Waals surface area contributed by atoms with Crippen LogP contribution in [0, 0.1) is 0 Å². The zero-order valence-corrected chi connectivity index (χ0v) is 20.2. The van der Waals surface area contributed by atoms with Crippen molar-refractivity contribution >= 4 is 42.4 Å². The van der Waals surface area contributed by atoms with Gasteiger partial charge in [0.1, 0.15) is 0 Å². The van der Waals surface area contributed by atoms with E-state index in [0.717, 1.165) is 29.5 Å². The lowest BCUT2D eigenvalue weighted by molar-refractivity contribution is 0.0917. The number of amides is 1. The van der Waals surface area contributed by atoms with Crippen LogP contribution in [0.4, 0.5) is 5.13 Å². The number of ether oxygens (including phenoxy) is 1. The molecule has 1 aliphatic rings. The molecule has 0 N–H and O–H groups in total. The molecule has 0 aliphatic carbocycles. The standard InChI is InChI=1S/C24H28N2O4S2/c1-4-17-7-12-21-22(14-17)31-24(25-21)26(15-19-6-5-13-30-19)23(27)18-8-10-20(11-9-18)32(28,29)16(2)3/h7-12,14,16,19H,4-6,13,15H2,1-3H3. The quantitative estimate of drug-likeness (QED) is 0.490. The van der Waals surface area contributed by atoms with Crippen LogP contribution >= 0.6 is 11.3 Å². The summed E-state index contributed by atoms with van der Waals surface area (Å²) in [5.41, 5.74) is 2.52. The van der Waals surface area contributed by atoms with Gasteiger partial charge in [-0.3, -0.25) is 9.69 Å². The molecular formula is C24H28N2O4S2. The number of hydrogen-bond acceptors (Lipinski definition) is 6. The van der Waals surface area contributed by atoms with Crippen LogP contribution in [0.25, 0.3) is 10.2 Å². The SMILES string of the molecule is CCc1ccc2nc(N(CC3CCCO3)C(=O)c3ccc(S(=O)(=O)C(C)C)cc3)sc2c1. The second kappa shape index (κ2) is 9.29. The normalized spacial score (nSPS) is 16.7. The number of nitrogens with zero attached hydrogens (tertiary/aromatic N) is 2. The molecule has 1 aromatic heterocycles. The molecule has 0 radical (unpaired) electrons. The summed E-state index contributed by atoms with van der Waals surface area (Å²) in [5.74, 6) is -0.205. The van der Waals surface area contributed by atoms with Crippen LogP contribution in [0.1, 0.15) is 49.5 Å². The minimum Gasteiger partial charge on any atom is -0.376 e. The largest absolute Gasteiger partial charge is 0.376 e. The minimum atomic E-state index is -3.39. The van der Waals surface area contributed by atoms with E-state index in [9.17, 15) is 13.2 Å². The van der Waals surface area contributed by atoms with E-state index in [1.54, 1.807) is 30.9 Å². The van der Waals surface area contributed by atoms with Crippen molar-refractivity contribution in [2.75, 3.05) is 18.1 Å². The van der Waals surface area contributed by atoms with Gasteiger partial charge in [0, 0.05) is 12.2 Å². The summed E-state index contributed by atoms with van der Waals surface area (Å²) in [6.45, 7) is 6.53. The predicted octanol–water partition coefficient (Wildman–Crippen LogP) is 4.87. The third-order valence-electron chi connectivity index (χ3n) is 5.79. The van der Waals surface area contributed by atoms with Gasteiger partial charge in [-0.05, 0) is 75.1 Å². The molecule has 1 unspecified atom stereocenters. The van der Waals surface area contributed by atoms with E-state index < -0.39 is 15.1 Å². The molecule has 0 spiro atoms. The summed E-state index contributed by atoms with van der Waals surface area (Å²) in [6, 6.07) is 12.4. The molecule has 2 heterocycles. The van der Waals surface area contributed by atoms with Gasteiger partial charge in [0.15, 0.2) is 15.0 Å². The van der Waals surface area contributed by atoms with Crippen LogP contribution in [0.5, 0.6) is 0 Å². The molecule has 6 nitrogen and oxygen atoms in total. The molecule has 1 aliphatic heterocycles. The fourth-order valence-electron chi connectivity index (χ4n) is 3.75. The molecule has 1 amide bonds. The molecule has 1 saturated heterocycles. The second-order valence-electron chi connectivity index (χ2n) is 8.32. The van der Waals surface area contributed by atoms with E-state index in [-0.39, 0.29) is 16.9 Å². The highest BCUT2D eigenvalue weighted by Gasteiger charge is 2.28. The molecule has 4 rings (SSSR count). The molecular weight excluding hydrogens is 444 g/mol. The second-order valence-corrected chi connectivity index (χ2v) is 11.8. The summed E-state index contributed by atoms with van der Waals surface area (Å²) >= 11 is 1.50. The highest BCUT2D eigenvalue weighted by Crippen LogP contribution is 2.32. The Morgan fingerprint density at radius 3 is 2.59 bits per heavy atom. The van der Waals surface area contributed by atoms with E-state index in [1.165, 1.54) is 29.0 Å². The number of carbonyl (C=O) groups is 1. The van der Waals surface area contributed by atoms with Gasteiger partial charge < -0.3 is 4.74 Å². The van der Waals surface area contributed by atoms with Crippen molar-refractivity contribution in [1.82, 2.24) is 4.98 Å². The molecule has 1 fully saturated rings. The van der Waals surface area contributed by atoms with Crippen LogP contribution in [0.15, 0.2) is 47.4 Å². The number of benzene rings is 2. The molecule has 32 heavy (non-hydrogen) atoms. The van der Waals surface area contributed by atoms with Gasteiger partial charge in [-0.2, -0.15) is 0 Å². The van der Waals surface area contributed by atoms with Crippen LogP contribution in [0.2, 0.25) is 0 Å². The lowest BCUT2D eigenvalue weighted by Gasteiger charge is -2.23. The fraction of sp³-hybridized carbons (Fsp3) is 0.417. The first-order valence-electron chi connectivity index (χ1n) is 11.0. The third-order valence-corrected chi connectivity index (χ3v) is 9.00. The summed E-state index contributed by atoms with van der Waals surface area (Å²) in [4.78, 5) is 20.1. The van der Waals surface area contributed by atoms with Crippen molar-refractivity contribution < 1.29 is 17.9 Å². The van der Waals surface area contributed by atoms with Crippen LogP contribution in [0.3, 0.4) is 0 Å². The van der Waals surface area contributed by atoms with Crippen LogP contribution < -0.4 is 4.90 Å². The summed E-state index contributed by atoms with van der Waals surface area (Å²) < 4.78 is 31.7. The Bertz CT molecular complexity index is 1210. The summed E-state index contributed by atoms with van der Waals surface area (Å²) in [5, 5.41) is 0.114. The third kappa shape index (κ3) is 4.58. The van der Waals surface area contributed by atoms with Crippen molar-refractivity contribution in [2.45, 2.75) is 56.3 Å². The smallest absolute Gasteiger partial charge is 0.260 e. The van der Waals surface area contributed by atoms with Crippen LogP contribution in [-0.2, 0) is 21.0 Å². The maximum atomic E-state index is 13.5. The number of hydrogen-bond donors (Lipinski definition) is 0. The first-order chi connectivity index (χ1) is 15.3. The van der Waals surface area contributed by atoms with E-state index in [4.69, 9.17) is 9.72 Å². The van der Waals surface area contributed by atoms with Crippen molar-refractivity contribution in [2.24, 2.45) is 0 Å². The van der Waals surface area contributed by atoms with E-state index >= 15 is 0 Å². The van der Waals surface area contributed by atoms with Gasteiger partial charge in [-0.25, -0.2) is 13.4 Å². The molecule has 2 aromatic carbocycles. The number of aryl methyl sites for hydroxylation is 1. The lowest BCUT2D eigenvalue weighted by atomic mass is 10.1. The van der Waals surface area contributed by atoms with Crippen molar-refractivity contribution in [1.29, 1.82) is 0 Å². The minimum absolute atomic E-state index is 0.0299. The molecule has 170 valence electrons. The molecule has 8 heteroatoms. The highest BCUT2D eigenvalue weighted by atomic mass is 32.2. The highest BCUT2D eigenvalue weighted by molar-refractivity contribution is 7.92.